The van der Waals surface area contributed by atoms with E-state index in [4.69, 9.17) is 0 Å². The topological polar surface area (TPSA) is 66.7 Å². The second-order valence-corrected chi connectivity index (χ2v) is 6.44. The molecule has 7 heteroatoms. The molecule has 0 spiro atoms. The van der Waals surface area contributed by atoms with Gasteiger partial charge in [-0.15, -0.1) is 11.3 Å². The summed E-state index contributed by atoms with van der Waals surface area (Å²) >= 11 is 1.45. The van der Waals surface area contributed by atoms with Gasteiger partial charge in [-0.3, -0.25) is 18.9 Å². The molecule has 0 aromatic carbocycles. The molecule has 2 aromatic rings. The van der Waals surface area contributed by atoms with Crippen molar-refractivity contribution in [3.05, 3.63) is 33.2 Å². The minimum atomic E-state index is -0.0681. The van der Waals surface area contributed by atoms with E-state index in [-0.39, 0.29) is 17.5 Å². The zero-order valence-electron chi connectivity index (χ0n) is 13.4. The second kappa shape index (κ2) is 7.02. The Kier molecular flexibility index (Phi) is 5.31. The van der Waals surface area contributed by atoms with Crippen LogP contribution in [0.25, 0.3) is 4.96 Å². The standard InChI is InChI=1S/C15H22N4O2S/c1-5-18(8-13(20)16-10(2)3)7-12-6-14(21)19-11(4)9-22-15(19)17-12/h6,9-10H,5,7-8H2,1-4H3,(H,16,20). The number of likely N-dealkylation sites (N-methyl/N-ethyl adjacent to an activating group) is 1. The number of carbonyl (C=O) groups excluding carboxylic acids is 1. The average Bonchev–Trinajstić information content (AvgIpc) is 2.79. The van der Waals surface area contributed by atoms with Crippen LogP contribution in [-0.2, 0) is 11.3 Å². The number of aromatic nitrogens is 2. The molecule has 0 radical (unpaired) electrons. The highest BCUT2D eigenvalue weighted by Crippen LogP contribution is 2.12. The SMILES string of the molecule is CCN(CC(=O)NC(C)C)Cc1cc(=O)n2c(C)csc2n1. The first kappa shape index (κ1) is 16.6. The van der Waals surface area contributed by atoms with Crippen molar-refractivity contribution in [1.29, 1.82) is 0 Å². The minimum absolute atomic E-state index is 0.0124. The molecular weight excluding hydrogens is 300 g/mol. The van der Waals surface area contributed by atoms with E-state index in [0.717, 1.165) is 12.2 Å². The van der Waals surface area contributed by atoms with Crippen molar-refractivity contribution >= 4 is 22.2 Å². The third-order valence-electron chi connectivity index (χ3n) is 3.28. The number of hydrogen-bond acceptors (Lipinski definition) is 5. The van der Waals surface area contributed by atoms with E-state index in [1.807, 2.05) is 38.0 Å². The van der Waals surface area contributed by atoms with Crippen LogP contribution in [0, 0.1) is 6.92 Å². The van der Waals surface area contributed by atoms with Crippen molar-refractivity contribution < 1.29 is 4.79 Å². The average molecular weight is 322 g/mol. The Bertz CT molecular complexity index is 720. The lowest BCUT2D eigenvalue weighted by atomic mass is 10.3. The quantitative estimate of drug-likeness (QED) is 0.873. The Hall–Kier alpha value is -1.73. The number of nitrogens with one attached hydrogen (secondary N) is 1. The van der Waals surface area contributed by atoms with Crippen molar-refractivity contribution in [3.8, 4) is 0 Å². The molecule has 0 saturated carbocycles. The predicted molar refractivity (Wildman–Crippen MR) is 88.3 cm³/mol. The van der Waals surface area contributed by atoms with Crippen molar-refractivity contribution in [3.63, 3.8) is 0 Å². The summed E-state index contributed by atoms with van der Waals surface area (Å²) in [5.74, 6) is -0.0124. The van der Waals surface area contributed by atoms with E-state index in [9.17, 15) is 9.59 Å². The number of thiazole rings is 1. The van der Waals surface area contributed by atoms with Gasteiger partial charge in [-0.05, 0) is 27.3 Å². The van der Waals surface area contributed by atoms with E-state index in [2.05, 4.69) is 10.3 Å². The number of rotatable bonds is 6. The van der Waals surface area contributed by atoms with Crippen molar-refractivity contribution in [2.75, 3.05) is 13.1 Å². The van der Waals surface area contributed by atoms with Gasteiger partial charge in [-0.25, -0.2) is 4.98 Å². The molecule has 2 aromatic heterocycles. The number of fused-ring (bicyclic) bond motifs is 1. The summed E-state index contributed by atoms with van der Waals surface area (Å²) in [5, 5.41) is 4.79. The number of nitrogens with zero attached hydrogens (tertiary/aromatic N) is 3. The summed E-state index contributed by atoms with van der Waals surface area (Å²) in [6, 6.07) is 1.68. The molecule has 22 heavy (non-hydrogen) atoms. The van der Waals surface area contributed by atoms with Crippen molar-refractivity contribution in [2.45, 2.75) is 40.3 Å². The lowest BCUT2D eigenvalue weighted by molar-refractivity contribution is -0.122. The normalized spacial score (nSPS) is 11.5. The maximum Gasteiger partial charge on any atom is 0.259 e. The molecule has 120 valence electrons. The zero-order valence-corrected chi connectivity index (χ0v) is 14.2. The van der Waals surface area contributed by atoms with Crippen LogP contribution in [0.4, 0.5) is 0 Å². The zero-order chi connectivity index (χ0) is 16.3. The van der Waals surface area contributed by atoms with Crippen LogP contribution in [0.5, 0.6) is 0 Å². The Balaban J connectivity index is 2.14. The lowest BCUT2D eigenvalue weighted by Crippen LogP contribution is -2.40. The first-order valence-corrected chi connectivity index (χ1v) is 8.27. The maximum absolute atomic E-state index is 12.2. The summed E-state index contributed by atoms with van der Waals surface area (Å²) < 4.78 is 1.61. The molecule has 1 N–H and O–H groups in total. The van der Waals surface area contributed by atoms with Gasteiger partial charge in [0, 0.05) is 29.7 Å². The number of amides is 1. The van der Waals surface area contributed by atoms with Crippen LogP contribution >= 0.6 is 11.3 Å². The van der Waals surface area contributed by atoms with Crippen molar-refractivity contribution in [1.82, 2.24) is 19.6 Å². The maximum atomic E-state index is 12.2. The molecule has 0 saturated heterocycles. The molecule has 0 atom stereocenters. The summed E-state index contributed by atoms with van der Waals surface area (Å²) in [5.41, 5.74) is 1.53. The lowest BCUT2D eigenvalue weighted by Gasteiger charge is -2.20. The molecule has 0 bridgehead atoms. The van der Waals surface area contributed by atoms with Crippen LogP contribution in [0.2, 0.25) is 0 Å². The van der Waals surface area contributed by atoms with Gasteiger partial charge in [-0.1, -0.05) is 6.92 Å². The van der Waals surface area contributed by atoms with Crippen molar-refractivity contribution in [2.24, 2.45) is 0 Å². The molecule has 1 amide bonds. The summed E-state index contributed by atoms with van der Waals surface area (Å²) in [4.78, 5) is 31.2. The minimum Gasteiger partial charge on any atom is -0.353 e. The first-order valence-electron chi connectivity index (χ1n) is 7.39. The number of hydrogen-bond donors (Lipinski definition) is 1. The monoisotopic (exact) mass is 322 g/mol. The summed E-state index contributed by atoms with van der Waals surface area (Å²) in [7, 11) is 0. The number of aryl methyl sites for hydroxylation is 1. The van der Waals surface area contributed by atoms with Gasteiger partial charge >= 0.3 is 0 Å². The van der Waals surface area contributed by atoms with Crippen LogP contribution in [-0.4, -0.2) is 39.3 Å². The third kappa shape index (κ3) is 3.92. The third-order valence-corrected chi connectivity index (χ3v) is 4.22. The second-order valence-electron chi connectivity index (χ2n) is 5.61. The van der Waals surface area contributed by atoms with Gasteiger partial charge in [0.2, 0.25) is 5.91 Å². The van der Waals surface area contributed by atoms with Gasteiger partial charge in [0.15, 0.2) is 4.96 Å². The molecular formula is C15H22N4O2S. The van der Waals surface area contributed by atoms with Crippen LogP contribution in [0.3, 0.4) is 0 Å². The molecule has 6 nitrogen and oxygen atoms in total. The van der Waals surface area contributed by atoms with Gasteiger partial charge in [0.05, 0.1) is 12.2 Å². The predicted octanol–water partition coefficient (Wildman–Crippen LogP) is 1.41. The fourth-order valence-electron chi connectivity index (χ4n) is 2.26. The fourth-order valence-corrected chi connectivity index (χ4v) is 3.15. The van der Waals surface area contributed by atoms with Gasteiger partial charge < -0.3 is 5.32 Å². The number of carbonyl (C=O) groups is 1. The Morgan fingerprint density at radius 2 is 2.23 bits per heavy atom. The molecule has 0 fully saturated rings. The van der Waals surface area contributed by atoms with Gasteiger partial charge in [0.1, 0.15) is 0 Å². The Labute approximate surface area is 133 Å². The van der Waals surface area contributed by atoms with E-state index in [1.165, 1.54) is 11.3 Å². The van der Waals surface area contributed by atoms with Crippen LogP contribution in [0.15, 0.2) is 16.2 Å². The molecule has 0 unspecified atom stereocenters. The molecule has 0 aliphatic rings. The van der Waals surface area contributed by atoms with E-state index >= 15 is 0 Å². The van der Waals surface area contributed by atoms with Crippen LogP contribution < -0.4 is 10.9 Å². The van der Waals surface area contributed by atoms with Gasteiger partial charge in [-0.2, -0.15) is 0 Å². The first-order chi connectivity index (χ1) is 10.4. The summed E-state index contributed by atoms with van der Waals surface area (Å²) in [6.45, 7) is 9.26. The highest BCUT2D eigenvalue weighted by atomic mass is 32.1. The molecule has 0 aliphatic carbocycles. The van der Waals surface area contributed by atoms with Crippen LogP contribution in [0.1, 0.15) is 32.2 Å². The van der Waals surface area contributed by atoms with E-state index in [0.29, 0.717) is 23.7 Å². The highest BCUT2D eigenvalue weighted by Gasteiger charge is 2.13. The van der Waals surface area contributed by atoms with E-state index < -0.39 is 0 Å². The summed E-state index contributed by atoms with van der Waals surface area (Å²) in [6.07, 6.45) is 0. The molecule has 2 heterocycles. The highest BCUT2D eigenvalue weighted by molar-refractivity contribution is 7.15. The smallest absolute Gasteiger partial charge is 0.259 e. The van der Waals surface area contributed by atoms with Gasteiger partial charge in [0.25, 0.3) is 5.56 Å². The molecule has 0 aliphatic heterocycles. The fraction of sp³-hybridized carbons (Fsp3) is 0.533. The Morgan fingerprint density at radius 3 is 2.86 bits per heavy atom. The largest absolute Gasteiger partial charge is 0.353 e. The van der Waals surface area contributed by atoms with E-state index in [1.54, 1.807) is 10.5 Å². The molecule has 2 rings (SSSR count). The Morgan fingerprint density at radius 1 is 1.50 bits per heavy atom.